The summed E-state index contributed by atoms with van der Waals surface area (Å²) < 4.78 is 11.0. The summed E-state index contributed by atoms with van der Waals surface area (Å²) in [6.45, 7) is 3.90. The fraction of sp³-hybridized carbons (Fsp3) is 0.500. The lowest BCUT2D eigenvalue weighted by atomic mass is 10.2. The Hall–Kier alpha value is -0.610. The first kappa shape index (κ1) is 13.5. The molecule has 1 aliphatic heterocycles. The van der Waals surface area contributed by atoms with Crippen molar-refractivity contribution in [3.05, 3.63) is 35.9 Å². The van der Waals surface area contributed by atoms with Gasteiger partial charge in [-0.3, -0.25) is 0 Å². The van der Waals surface area contributed by atoms with Crippen molar-refractivity contribution in [2.75, 3.05) is 26.4 Å². The Labute approximate surface area is 103 Å². The van der Waals surface area contributed by atoms with Crippen LogP contribution < -0.4 is 5.32 Å². The van der Waals surface area contributed by atoms with Gasteiger partial charge < -0.3 is 14.8 Å². The second-order valence-corrected chi connectivity index (χ2v) is 3.73. The zero-order chi connectivity index (χ0) is 10.3. The minimum atomic E-state index is 0. The maximum Gasteiger partial charge on any atom is 0.0717 e. The third-order valence-corrected chi connectivity index (χ3v) is 2.43. The van der Waals surface area contributed by atoms with Crippen LogP contribution in [0.1, 0.15) is 5.56 Å². The van der Waals surface area contributed by atoms with Crippen LogP contribution in [0.15, 0.2) is 30.3 Å². The molecule has 1 aromatic carbocycles. The van der Waals surface area contributed by atoms with E-state index in [1.165, 1.54) is 5.56 Å². The van der Waals surface area contributed by atoms with Gasteiger partial charge in [0, 0.05) is 6.54 Å². The first-order chi connectivity index (χ1) is 7.45. The van der Waals surface area contributed by atoms with Crippen LogP contribution >= 0.6 is 12.4 Å². The van der Waals surface area contributed by atoms with E-state index < -0.39 is 0 Å². The Morgan fingerprint density at radius 2 is 2.12 bits per heavy atom. The zero-order valence-corrected chi connectivity index (χ0v) is 10.0. The van der Waals surface area contributed by atoms with Crippen molar-refractivity contribution >= 4 is 12.4 Å². The number of nitrogens with one attached hydrogen (secondary N) is 1. The van der Waals surface area contributed by atoms with Crippen molar-refractivity contribution in [2.24, 2.45) is 0 Å². The van der Waals surface area contributed by atoms with Gasteiger partial charge in [-0.05, 0) is 5.56 Å². The molecule has 0 spiro atoms. The van der Waals surface area contributed by atoms with Crippen molar-refractivity contribution < 1.29 is 9.47 Å². The maximum atomic E-state index is 5.62. The molecule has 3 nitrogen and oxygen atoms in total. The largest absolute Gasteiger partial charge is 0.378 e. The summed E-state index contributed by atoms with van der Waals surface area (Å²) in [6, 6.07) is 10.6. The second kappa shape index (κ2) is 7.63. The average molecular weight is 244 g/mol. The quantitative estimate of drug-likeness (QED) is 0.872. The molecule has 0 aromatic heterocycles. The molecule has 0 radical (unpaired) electrons. The van der Waals surface area contributed by atoms with Gasteiger partial charge in [0.05, 0.1) is 32.5 Å². The monoisotopic (exact) mass is 243 g/mol. The number of ether oxygens (including phenoxy) is 2. The third kappa shape index (κ3) is 4.49. The smallest absolute Gasteiger partial charge is 0.0717 e. The van der Waals surface area contributed by atoms with Gasteiger partial charge in [0.1, 0.15) is 0 Å². The molecule has 16 heavy (non-hydrogen) atoms. The molecule has 1 aromatic rings. The Kier molecular flexibility index (Phi) is 6.42. The molecule has 0 amide bonds. The van der Waals surface area contributed by atoms with Crippen molar-refractivity contribution in [1.82, 2.24) is 5.32 Å². The van der Waals surface area contributed by atoms with Crippen LogP contribution in [-0.4, -0.2) is 32.4 Å². The fourth-order valence-electron chi connectivity index (χ4n) is 1.62. The predicted molar refractivity (Wildman–Crippen MR) is 66.0 cm³/mol. The van der Waals surface area contributed by atoms with Gasteiger partial charge >= 0.3 is 0 Å². The van der Waals surface area contributed by atoms with E-state index in [9.17, 15) is 0 Å². The van der Waals surface area contributed by atoms with Crippen LogP contribution in [0.4, 0.5) is 0 Å². The van der Waals surface area contributed by atoms with Gasteiger partial charge in [-0.2, -0.15) is 0 Å². The summed E-state index contributed by atoms with van der Waals surface area (Å²) in [7, 11) is 0. The van der Waals surface area contributed by atoms with E-state index in [4.69, 9.17) is 9.47 Å². The molecule has 1 atom stereocenters. The Balaban J connectivity index is 0.00000128. The van der Waals surface area contributed by atoms with Gasteiger partial charge in [-0.15, -0.1) is 12.4 Å². The summed E-state index contributed by atoms with van der Waals surface area (Å²) in [5.41, 5.74) is 1.22. The van der Waals surface area contributed by atoms with E-state index in [2.05, 4.69) is 17.4 Å². The number of halogens is 1. The molecular weight excluding hydrogens is 226 g/mol. The summed E-state index contributed by atoms with van der Waals surface area (Å²) in [5, 5.41) is 3.36. The van der Waals surface area contributed by atoms with Crippen molar-refractivity contribution in [3.63, 3.8) is 0 Å². The van der Waals surface area contributed by atoms with E-state index in [0.29, 0.717) is 12.6 Å². The summed E-state index contributed by atoms with van der Waals surface area (Å²) >= 11 is 0. The third-order valence-electron chi connectivity index (χ3n) is 2.43. The van der Waals surface area contributed by atoms with Crippen LogP contribution in [0.3, 0.4) is 0 Å². The molecule has 1 N–H and O–H groups in total. The van der Waals surface area contributed by atoms with Gasteiger partial charge in [-0.25, -0.2) is 0 Å². The Morgan fingerprint density at radius 1 is 1.31 bits per heavy atom. The second-order valence-electron chi connectivity index (χ2n) is 3.73. The number of hydrogen-bond donors (Lipinski definition) is 1. The highest BCUT2D eigenvalue weighted by Crippen LogP contribution is 2.02. The van der Waals surface area contributed by atoms with E-state index in [0.717, 1.165) is 26.4 Å². The summed E-state index contributed by atoms with van der Waals surface area (Å²) in [4.78, 5) is 0. The number of benzene rings is 1. The summed E-state index contributed by atoms with van der Waals surface area (Å²) in [5.74, 6) is 0. The molecule has 0 unspecified atom stereocenters. The Bertz CT molecular complexity index is 276. The highest BCUT2D eigenvalue weighted by molar-refractivity contribution is 5.85. The van der Waals surface area contributed by atoms with Gasteiger partial charge in [0.15, 0.2) is 0 Å². The van der Waals surface area contributed by atoms with Gasteiger partial charge in [0.25, 0.3) is 0 Å². The summed E-state index contributed by atoms with van der Waals surface area (Å²) in [6.07, 6.45) is 0. The Morgan fingerprint density at radius 3 is 2.81 bits per heavy atom. The molecular formula is C12H18ClNO2. The van der Waals surface area contributed by atoms with Crippen LogP contribution in [0.5, 0.6) is 0 Å². The topological polar surface area (TPSA) is 30.5 Å². The number of morpholine rings is 1. The van der Waals surface area contributed by atoms with Crippen molar-refractivity contribution in [1.29, 1.82) is 0 Å². The first-order valence-electron chi connectivity index (χ1n) is 5.38. The first-order valence-corrected chi connectivity index (χ1v) is 5.38. The normalized spacial score (nSPS) is 20.1. The van der Waals surface area contributed by atoms with Gasteiger partial charge in [-0.1, -0.05) is 30.3 Å². The maximum absolute atomic E-state index is 5.62. The molecule has 2 rings (SSSR count). The van der Waals surface area contributed by atoms with E-state index in [-0.39, 0.29) is 12.4 Å². The fourth-order valence-corrected chi connectivity index (χ4v) is 1.62. The number of rotatable bonds is 4. The molecule has 0 aliphatic carbocycles. The zero-order valence-electron chi connectivity index (χ0n) is 9.22. The van der Waals surface area contributed by atoms with Crippen LogP contribution in [0, 0.1) is 0 Å². The minimum Gasteiger partial charge on any atom is -0.378 e. The SMILES string of the molecule is Cl.c1ccc(COC[C@@H]2COCCN2)cc1. The van der Waals surface area contributed by atoms with Crippen molar-refractivity contribution in [3.8, 4) is 0 Å². The van der Waals surface area contributed by atoms with Crippen LogP contribution in [0.2, 0.25) is 0 Å². The molecule has 1 saturated heterocycles. The van der Waals surface area contributed by atoms with Crippen molar-refractivity contribution in [2.45, 2.75) is 12.6 Å². The van der Waals surface area contributed by atoms with Crippen LogP contribution in [0.25, 0.3) is 0 Å². The molecule has 90 valence electrons. The predicted octanol–water partition coefficient (Wildman–Crippen LogP) is 1.61. The minimum absolute atomic E-state index is 0. The van der Waals surface area contributed by atoms with Gasteiger partial charge in [0.2, 0.25) is 0 Å². The van der Waals surface area contributed by atoms with E-state index in [1.54, 1.807) is 0 Å². The lowest BCUT2D eigenvalue weighted by molar-refractivity contribution is 0.0242. The molecule has 4 heteroatoms. The highest BCUT2D eigenvalue weighted by Gasteiger charge is 2.12. The molecule has 1 aliphatic rings. The molecule has 1 fully saturated rings. The van der Waals surface area contributed by atoms with Crippen LogP contribution in [-0.2, 0) is 16.1 Å². The lowest BCUT2D eigenvalue weighted by Gasteiger charge is -2.23. The molecule has 0 bridgehead atoms. The average Bonchev–Trinajstić information content (AvgIpc) is 2.32. The highest BCUT2D eigenvalue weighted by atomic mass is 35.5. The molecule has 0 saturated carbocycles. The van der Waals surface area contributed by atoms with E-state index >= 15 is 0 Å². The standard InChI is InChI=1S/C12H17NO2.ClH/c1-2-4-11(5-3-1)8-15-10-12-9-14-7-6-13-12;/h1-5,12-13H,6-10H2;1H/t12-;/m0./s1. The van der Waals surface area contributed by atoms with E-state index in [1.807, 2.05) is 18.2 Å². The number of hydrogen-bond acceptors (Lipinski definition) is 3. The lowest BCUT2D eigenvalue weighted by Crippen LogP contribution is -2.44. The molecule has 1 heterocycles.